The molecule has 0 bridgehead atoms. The fraction of sp³-hybridized carbons (Fsp3) is 0.333. The predicted octanol–water partition coefficient (Wildman–Crippen LogP) is 6.57. The minimum atomic E-state index is -3.92. The molecule has 2 aromatic carbocycles. The maximum Gasteiger partial charge on any atom is 0.263 e. The highest BCUT2D eigenvalue weighted by Gasteiger charge is 2.23. The number of hydrogen-bond acceptors (Lipinski definition) is 7. The van der Waals surface area contributed by atoms with Crippen molar-refractivity contribution in [2.24, 2.45) is 0 Å². The first-order valence-corrected chi connectivity index (χ1v) is 14.5. The number of nitrogens with zero attached hydrogens (tertiary/aromatic N) is 2. The average molecular weight is 550 g/mol. The lowest BCUT2D eigenvalue weighted by atomic mass is 9.96. The largest absolute Gasteiger partial charge is 0.491 e. The standard InChI is InChI=1S/C30H35N3O5S/c1-7-11-24-17-27(29(36-6)20(4)31-24)37-18-22-14-15-25(23(8-2)16-22)26-12-9-10-13-28(26)39(34,35)33-30-19(3)21(5)38-32-30/h9-10,12-17H,7-8,11,18H2,1-6H3,(H,32,33). The molecule has 1 N–H and O–H groups in total. The molecule has 2 aromatic heterocycles. The van der Waals surface area contributed by atoms with Crippen LogP contribution in [0.4, 0.5) is 5.82 Å². The topological polar surface area (TPSA) is 104 Å². The molecule has 2 heterocycles. The summed E-state index contributed by atoms with van der Waals surface area (Å²) in [5.41, 5.74) is 5.86. The van der Waals surface area contributed by atoms with Crippen LogP contribution in [-0.4, -0.2) is 25.7 Å². The van der Waals surface area contributed by atoms with Crippen molar-refractivity contribution >= 4 is 15.8 Å². The van der Waals surface area contributed by atoms with Crippen molar-refractivity contribution in [2.45, 2.75) is 65.4 Å². The Labute approximate surface area is 230 Å². The lowest BCUT2D eigenvalue weighted by Crippen LogP contribution is -2.15. The summed E-state index contributed by atoms with van der Waals surface area (Å²) in [5, 5.41) is 3.86. The van der Waals surface area contributed by atoms with E-state index >= 15 is 0 Å². The summed E-state index contributed by atoms with van der Waals surface area (Å²) >= 11 is 0. The Bertz CT molecular complexity index is 1580. The van der Waals surface area contributed by atoms with E-state index < -0.39 is 10.0 Å². The number of sulfonamides is 1. The quantitative estimate of drug-likeness (QED) is 0.226. The SMILES string of the molecule is CCCc1cc(OCc2ccc(-c3ccccc3S(=O)(=O)Nc3noc(C)c3C)c(CC)c2)c(OC)c(C)n1. The first-order valence-electron chi connectivity index (χ1n) is 13.0. The normalized spacial score (nSPS) is 11.4. The number of pyridine rings is 1. The summed E-state index contributed by atoms with van der Waals surface area (Å²) in [6, 6.07) is 14.9. The van der Waals surface area contributed by atoms with E-state index in [9.17, 15) is 8.42 Å². The first-order chi connectivity index (χ1) is 18.7. The van der Waals surface area contributed by atoms with Crippen LogP contribution in [-0.2, 0) is 29.5 Å². The summed E-state index contributed by atoms with van der Waals surface area (Å²) in [6.45, 7) is 9.92. The van der Waals surface area contributed by atoms with E-state index in [0.29, 0.717) is 41.4 Å². The summed E-state index contributed by atoms with van der Waals surface area (Å²) < 4.78 is 46.3. The number of aromatic nitrogens is 2. The van der Waals surface area contributed by atoms with Gasteiger partial charge in [0, 0.05) is 22.9 Å². The van der Waals surface area contributed by atoms with Crippen LogP contribution in [0.3, 0.4) is 0 Å². The molecule has 4 rings (SSSR count). The van der Waals surface area contributed by atoms with Crippen LogP contribution in [0.5, 0.6) is 11.5 Å². The molecule has 4 aromatic rings. The lowest BCUT2D eigenvalue weighted by Gasteiger charge is -2.17. The molecule has 0 saturated carbocycles. The van der Waals surface area contributed by atoms with Gasteiger partial charge < -0.3 is 14.0 Å². The summed E-state index contributed by atoms with van der Waals surface area (Å²) in [4.78, 5) is 4.78. The van der Waals surface area contributed by atoms with Gasteiger partial charge in [0.25, 0.3) is 10.0 Å². The van der Waals surface area contributed by atoms with Crippen LogP contribution in [0.1, 0.15) is 54.1 Å². The van der Waals surface area contributed by atoms with Crippen LogP contribution < -0.4 is 14.2 Å². The fourth-order valence-corrected chi connectivity index (χ4v) is 5.79. The van der Waals surface area contributed by atoms with Gasteiger partial charge in [-0.3, -0.25) is 9.71 Å². The number of nitrogens with one attached hydrogen (secondary N) is 1. The van der Waals surface area contributed by atoms with Gasteiger partial charge in [0.15, 0.2) is 17.3 Å². The molecule has 206 valence electrons. The van der Waals surface area contributed by atoms with E-state index in [2.05, 4.69) is 27.9 Å². The van der Waals surface area contributed by atoms with Gasteiger partial charge in [0.05, 0.1) is 17.7 Å². The maximum atomic E-state index is 13.4. The average Bonchev–Trinajstić information content (AvgIpc) is 3.23. The Morgan fingerprint density at radius 3 is 2.44 bits per heavy atom. The van der Waals surface area contributed by atoms with Crippen molar-refractivity contribution in [3.05, 3.63) is 82.4 Å². The van der Waals surface area contributed by atoms with E-state index in [-0.39, 0.29) is 10.7 Å². The molecule has 0 fully saturated rings. The number of benzene rings is 2. The van der Waals surface area contributed by atoms with Crippen molar-refractivity contribution in [3.63, 3.8) is 0 Å². The predicted molar refractivity (Wildman–Crippen MR) is 152 cm³/mol. The minimum Gasteiger partial charge on any atom is -0.491 e. The Balaban J connectivity index is 1.64. The van der Waals surface area contributed by atoms with E-state index in [4.69, 9.17) is 14.0 Å². The molecular formula is C30H35N3O5S. The fourth-order valence-electron chi connectivity index (χ4n) is 4.51. The molecule has 0 unspecified atom stereocenters. The van der Waals surface area contributed by atoms with Crippen molar-refractivity contribution in [3.8, 4) is 22.6 Å². The summed E-state index contributed by atoms with van der Waals surface area (Å²) in [5.74, 6) is 2.05. The van der Waals surface area contributed by atoms with E-state index in [1.165, 1.54) is 0 Å². The molecule has 9 heteroatoms. The number of methoxy groups -OCH3 is 1. The molecule has 39 heavy (non-hydrogen) atoms. The third kappa shape index (κ3) is 6.09. The van der Waals surface area contributed by atoms with Gasteiger partial charge in [0.1, 0.15) is 12.4 Å². The lowest BCUT2D eigenvalue weighted by molar-refractivity contribution is 0.282. The van der Waals surface area contributed by atoms with Gasteiger partial charge in [-0.25, -0.2) is 8.42 Å². The third-order valence-corrected chi connectivity index (χ3v) is 8.07. The smallest absolute Gasteiger partial charge is 0.263 e. The zero-order chi connectivity index (χ0) is 28.2. The van der Waals surface area contributed by atoms with Gasteiger partial charge in [-0.1, -0.05) is 61.8 Å². The zero-order valence-electron chi connectivity index (χ0n) is 23.3. The highest BCUT2D eigenvalue weighted by Crippen LogP contribution is 2.34. The van der Waals surface area contributed by atoms with Crippen LogP contribution in [0, 0.1) is 20.8 Å². The molecule has 0 radical (unpaired) electrons. The molecule has 0 aliphatic carbocycles. The van der Waals surface area contributed by atoms with Crippen LogP contribution in [0.2, 0.25) is 0 Å². The van der Waals surface area contributed by atoms with Crippen molar-refractivity contribution in [1.82, 2.24) is 10.1 Å². The molecule has 0 amide bonds. The number of aryl methyl sites for hydroxylation is 4. The number of ether oxygens (including phenoxy) is 2. The maximum absolute atomic E-state index is 13.4. The van der Waals surface area contributed by atoms with E-state index in [0.717, 1.165) is 40.9 Å². The molecule has 8 nitrogen and oxygen atoms in total. The van der Waals surface area contributed by atoms with Gasteiger partial charge in [0.2, 0.25) is 0 Å². The molecule has 0 atom stereocenters. The second kappa shape index (κ2) is 11.9. The third-order valence-electron chi connectivity index (χ3n) is 6.67. The van der Waals surface area contributed by atoms with Crippen molar-refractivity contribution in [2.75, 3.05) is 11.8 Å². The number of rotatable bonds is 11. The highest BCUT2D eigenvalue weighted by atomic mass is 32.2. The van der Waals surface area contributed by atoms with Crippen LogP contribution in [0.15, 0.2) is 57.9 Å². The van der Waals surface area contributed by atoms with Crippen LogP contribution in [0.25, 0.3) is 11.1 Å². The molecule has 0 spiro atoms. The highest BCUT2D eigenvalue weighted by molar-refractivity contribution is 7.92. The molecule has 0 aliphatic heterocycles. The summed E-state index contributed by atoms with van der Waals surface area (Å²) in [7, 11) is -2.30. The Morgan fingerprint density at radius 2 is 1.77 bits per heavy atom. The molecular weight excluding hydrogens is 514 g/mol. The van der Waals surface area contributed by atoms with E-state index in [1.54, 1.807) is 33.1 Å². The van der Waals surface area contributed by atoms with E-state index in [1.807, 2.05) is 44.2 Å². The van der Waals surface area contributed by atoms with Gasteiger partial charge in [-0.05, 0) is 56.4 Å². The van der Waals surface area contributed by atoms with Crippen LogP contribution >= 0.6 is 0 Å². The molecule has 0 saturated heterocycles. The number of anilines is 1. The van der Waals surface area contributed by atoms with Gasteiger partial charge >= 0.3 is 0 Å². The summed E-state index contributed by atoms with van der Waals surface area (Å²) in [6.07, 6.45) is 2.57. The van der Waals surface area contributed by atoms with Gasteiger partial charge in [-0.2, -0.15) is 0 Å². The Hall–Kier alpha value is -3.85. The number of hydrogen-bond donors (Lipinski definition) is 1. The Morgan fingerprint density at radius 1 is 1.00 bits per heavy atom. The second-order valence-corrected chi connectivity index (χ2v) is 11.1. The minimum absolute atomic E-state index is 0.171. The van der Waals surface area contributed by atoms with Gasteiger partial charge in [-0.15, -0.1) is 0 Å². The Kier molecular flexibility index (Phi) is 8.60. The first kappa shape index (κ1) is 28.2. The molecule has 0 aliphatic rings. The van der Waals surface area contributed by atoms with Crippen molar-refractivity contribution < 1.29 is 22.4 Å². The monoisotopic (exact) mass is 549 g/mol. The van der Waals surface area contributed by atoms with Crippen molar-refractivity contribution in [1.29, 1.82) is 0 Å². The second-order valence-electron chi connectivity index (χ2n) is 9.43. The zero-order valence-corrected chi connectivity index (χ0v) is 24.1.